The topological polar surface area (TPSA) is 86.5 Å². The molecular weight excluding hydrogens is 402 g/mol. The zero-order valence-electron chi connectivity index (χ0n) is 19.3. The third kappa shape index (κ3) is 5.65. The third-order valence-corrected chi connectivity index (χ3v) is 5.63. The third-order valence-electron chi connectivity index (χ3n) is 5.63. The Morgan fingerprint density at radius 3 is 2.19 bits per heavy atom. The van der Waals surface area contributed by atoms with Gasteiger partial charge in [0.1, 0.15) is 17.3 Å². The molecule has 0 saturated heterocycles. The monoisotopic (exact) mass is 433 g/mol. The van der Waals surface area contributed by atoms with Gasteiger partial charge in [0.2, 0.25) is 0 Å². The zero-order chi connectivity index (χ0) is 23.3. The molecule has 6 nitrogen and oxygen atoms in total. The lowest BCUT2D eigenvalue weighted by molar-refractivity contribution is 0.102. The molecule has 1 unspecified atom stereocenters. The van der Waals surface area contributed by atoms with E-state index in [1.54, 1.807) is 25.3 Å². The van der Waals surface area contributed by atoms with Crippen LogP contribution >= 0.6 is 0 Å². The molecule has 0 aliphatic carbocycles. The van der Waals surface area contributed by atoms with Crippen LogP contribution in [-0.4, -0.2) is 18.0 Å². The van der Waals surface area contributed by atoms with Crippen molar-refractivity contribution in [2.75, 3.05) is 18.2 Å². The van der Waals surface area contributed by atoms with Crippen molar-refractivity contribution in [2.24, 2.45) is 5.92 Å². The van der Waals surface area contributed by atoms with Crippen molar-refractivity contribution in [3.05, 3.63) is 77.0 Å². The summed E-state index contributed by atoms with van der Waals surface area (Å²) < 4.78 is 11.0. The number of nitrogens with zero attached hydrogens (tertiary/aromatic N) is 1. The molecule has 0 fully saturated rings. The van der Waals surface area contributed by atoms with Gasteiger partial charge in [-0.2, -0.15) is 0 Å². The maximum Gasteiger partial charge on any atom is 0.259 e. The fourth-order valence-corrected chi connectivity index (χ4v) is 3.30. The Hall–Kier alpha value is -3.38. The summed E-state index contributed by atoms with van der Waals surface area (Å²) >= 11 is 0. The van der Waals surface area contributed by atoms with Gasteiger partial charge in [0.25, 0.3) is 5.91 Å². The summed E-state index contributed by atoms with van der Waals surface area (Å²) in [6, 6.07) is 17.1. The van der Waals surface area contributed by atoms with Crippen LogP contribution < -0.4 is 15.8 Å². The first kappa shape index (κ1) is 23.3. The van der Waals surface area contributed by atoms with E-state index in [4.69, 9.17) is 15.2 Å². The molecule has 168 valence electrons. The molecule has 6 heteroatoms. The summed E-state index contributed by atoms with van der Waals surface area (Å²) in [6.07, 6.45) is 0. The lowest BCUT2D eigenvalue weighted by atomic mass is 9.90. The van der Waals surface area contributed by atoms with Gasteiger partial charge in [0, 0.05) is 12.8 Å². The second-order valence-electron chi connectivity index (χ2n) is 8.30. The standard InChI is InChI=1S/C26H31N3O3/c1-16(2)18(4)19-6-10-21(11-7-19)32-22-12-8-20(9-13-22)28-26(30)23-14-17(3)24(15-31-5)29-25(23)27/h6-14,16,18H,15H2,1-5H3,(H2,27,29)(H,28,30). The number of aryl methyl sites for hydroxylation is 1. The number of ether oxygens (including phenoxy) is 2. The fraction of sp³-hybridized carbons (Fsp3) is 0.308. The van der Waals surface area contributed by atoms with E-state index in [1.165, 1.54) is 5.56 Å². The molecule has 1 aromatic heterocycles. The van der Waals surface area contributed by atoms with E-state index in [-0.39, 0.29) is 11.7 Å². The molecule has 3 rings (SSSR count). The first-order valence-corrected chi connectivity index (χ1v) is 10.7. The number of rotatable bonds is 8. The second kappa shape index (κ2) is 10.3. The van der Waals surface area contributed by atoms with Crippen LogP contribution in [0.4, 0.5) is 11.5 Å². The molecule has 1 heterocycles. The highest BCUT2D eigenvalue weighted by Gasteiger charge is 2.15. The van der Waals surface area contributed by atoms with Crippen LogP contribution in [0.2, 0.25) is 0 Å². The first-order valence-electron chi connectivity index (χ1n) is 10.7. The highest BCUT2D eigenvalue weighted by Crippen LogP contribution is 2.28. The Bertz CT molecular complexity index is 1060. The van der Waals surface area contributed by atoms with Gasteiger partial charge in [-0.05, 0) is 72.4 Å². The number of nitrogens with one attached hydrogen (secondary N) is 1. The number of nitrogens with two attached hydrogens (primary N) is 1. The molecule has 32 heavy (non-hydrogen) atoms. The van der Waals surface area contributed by atoms with Gasteiger partial charge < -0.3 is 20.5 Å². The number of methoxy groups -OCH3 is 1. The maximum absolute atomic E-state index is 12.7. The fourth-order valence-electron chi connectivity index (χ4n) is 3.30. The minimum absolute atomic E-state index is 0.176. The Labute approximate surface area is 189 Å². The molecule has 3 N–H and O–H groups in total. The van der Waals surface area contributed by atoms with Crippen LogP contribution in [0, 0.1) is 12.8 Å². The molecule has 0 aliphatic heterocycles. The van der Waals surface area contributed by atoms with Crippen molar-refractivity contribution in [2.45, 2.75) is 40.2 Å². The van der Waals surface area contributed by atoms with Gasteiger partial charge in [0.05, 0.1) is 17.9 Å². The molecule has 0 bridgehead atoms. The molecule has 1 atom stereocenters. The van der Waals surface area contributed by atoms with Gasteiger partial charge in [0.15, 0.2) is 0 Å². The minimum atomic E-state index is -0.314. The number of aromatic nitrogens is 1. The number of amides is 1. The Kier molecular flexibility index (Phi) is 7.49. The van der Waals surface area contributed by atoms with Crippen molar-refractivity contribution in [3.8, 4) is 11.5 Å². The lowest BCUT2D eigenvalue weighted by Gasteiger charge is -2.16. The highest BCUT2D eigenvalue weighted by molar-refractivity contribution is 6.07. The average Bonchev–Trinajstić information content (AvgIpc) is 2.77. The van der Waals surface area contributed by atoms with E-state index < -0.39 is 0 Å². The molecule has 2 aromatic carbocycles. The largest absolute Gasteiger partial charge is 0.457 e. The minimum Gasteiger partial charge on any atom is -0.457 e. The van der Waals surface area contributed by atoms with Crippen LogP contribution in [0.3, 0.4) is 0 Å². The number of anilines is 2. The average molecular weight is 434 g/mol. The molecule has 1 amide bonds. The van der Waals surface area contributed by atoms with Crippen molar-refractivity contribution in [3.63, 3.8) is 0 Å². The van der Waals surface area contributed by atoms with Crippen LogP contribution in [0.15, 0.2) is 54.6 Å². The van der Waals surface area contributed by atoms with E-state index in [2.05, 4.69) is 43.2 Å². The molecule has 0 radical (unpaired) electrons. The predicted octanol–water partition coefficient (Wildman–Crippen LogP) is 5.92. The van der Waals surface area contributed by atoms with Crippen LogP contribution in [0.25, 0.3) is 0 Å². The summed E-state index contributed by atoms with van der Waals surface area (Å²) in [4.78, 5) is 17.0. The summed E-state index contributed by atoms with van der Waals surface area (Å²) in [5.74, 6) is 2.40. The van der Waals surface area contributed by atoms with Crippen LogP contribution in [0.5, 0.6) is 11.5 Å². The van der Waals surface area contributed by atoms with Gasteiger partial charge in [-0.1, -0.05) is 32.9 Å². The smallest absolute Gasteiger partial charge is 0.259 e. The molecule has 0 aliphatic rings. The predicted molar refractivity (Wildman–Crippen MR) is 128 cm³/mol. The van der Waals surface area contributed by atoms with E-state index in [1.807, 2.05) is 31.2 Å². The number of benzene rings is 2. The summed E-state index contributed by atoms with van der Waals surface area (Å²) in [5, 5.41) is 2.85. The van der Waals surface area contributed by atoms with Crippen molar-refractivity contribution in [1.29, 1.82) is 0 Å². The summed E-state index contributed by atoms with van der Waals surface area (Å²) in [6.45, 7) is 8.89. The molecule has 0 saturated carbocycles. The van der Waals surface area contributed by atoms with E-state index in [0.29, 0.717) is 35.4 Å². The first-order chi connectivity index (χ1) is 15.3. The number of carbonyl (C=O) groups is 1. The van der Waals surface area contributed by atoms with E-state index >= 15 is 0 Å². The SMILES string of the molecule is COCc1nc(N)c(C(=O)Nc2ccc(Oc3ccc(C(C)C(C)C)cc3)cc2)cc1C. The Morgan fingerprint density at radius 1 is 1.03 bits per heavy atom. The maximum atomic E-state index is 12.7. The van der Waals surface area contributed by atoms with Gasteiger partial charge >= 0.3 is 0 Å². The zero-order valence-corrected chi connectivity index (χ0v) is 19.3. The Balaban J connectivity index is 1.65. The molecule has 3 aromatic rings. The van der Waals surface area contributed by atoms with Crippen LogP contribution in [0.1, 0.15) is 53.9 Å². The normalized spacial score (nSPS) is 11.9. The summed E-state index contributed by atoms with van der Waals surface area (Å²) in [5.41, 5.74) is 9.82. The van der Waals surface area contributed by atoms with Crippen molar-refractivity contribution >= 4 is 17.4 Å². The quantitative estimate of drug-likeness (QED) is 0.460. The number of pyridine rings is 1. The van der Waals surface area contributed by atoms with Gasteiger partial charge in [-0.3, -0.25) is 4.79 Å². The van der Waals surface area contributed by atoms with Gasteiger partial charge in [-0.15, -0.1) is 0 Å². The second-order valence-corrected chi connectivity index (χ2v) is 8.30. The van der Waals surface area contributed by atoms with Crippen molar-refractivity contribution < 1.29 is 14.3 Å². The molecular formula is C26H31N3O3. The number of nitrogen functional groups attached to an aromatic ring is 1. The van der Waals surface area contributed by atoms with Gasteiger partial charge in [-0.25, -0.2) is 4.98 Å². The molecule has 0 spiro atoms. The number of hydrogen-bond donors (Lipinski definition) is 2. The van der Waals surface area contributed by atoms with E-state index in [9.17, 15) is 4.79 Å². The number of hydrogen-bond acceptors (Lipinski definition) is 5. The van der Waals surface area contributed by atoms with Crippen LogP contribution in [-0.2, 0) is 11.3 Å². The highest BCUT2D eigenvalue weighted by atomic mass is 16.5. The van der Waals surface area contributed by atoms with Crippen molar-refractivity contribution in [1.82, 2.24) is 4.98 Å². The number of carbonyl (C=O) groups excluding carboxylic acids is 1. The lowest BCUT2D eigenvalue weighted by Crippen LogP contribution is -2.16. The Morgan fingerprint density at radius 2 is 1.62 bits per heavy atom. The van der Waals surface area contributed by atoms with E-state index in [0.717, 1.165) is 17.0 Å². The summed E-state index contributed by atoms with van der Waals surface area (Å²) in [7, 11) is 1.59.